The van der Waals surface area contributed by atoms with E-state index in [0.29, 0.717) is 18.2 Å². The number of piperidine rings is 1. The first-order chi connectivity index (χ1) is 11.1. The standard InChI is InChI=1S/C17H18FN3O2/c1-12(22)21-7-3-4-13(11-21)16-9-19-10-17(20-16)23-15-6-2-5-14(18)8-15/h2,5-6,8-10,13H,3-4,7,11H2,1H3/t13-/m0/s1. The van der Waals surface area contributed by atoms with Crippen molar-refractivity contribution in [3.63, 3.8) is 0 Å². The van der Waals surface area contributed by atoms with Gasteiger partial charge in [-0.05, 0) is 25.0 Å². The highest BCUT2D eigenvalue weighted by atomic mass is 19.1. The molecule has 23 heavy (non-hydrogen) atoms. The molecule has 0 N–H and O–H groups in total. The van der Waals surface area contributed by atoms with Crippen LogP contribution in [0.1, 0.15) is 31.4 Å². The van der Waals surface area contributed by atoms with Crippen molar-refractivity contribution in [3.8, 4) is 11.6 Å². The van der Waals surface area contributed by atoms with Crippen molar-refractivity contribution in [2.24, 2.45) is 0 Å². The molecule has 0 aliphatic carbocycles. The van der Waals surface area contributed by atoms with E-state index in [1.807, 2.05) is 4.90 Å². The van der Waals surface area contributed by atoms with Gasteiger partial charge in [-0.25, -0.2) is 9.37 Å². The van der Waals surface area contributed by atoms with Crippen molar-refractivity contribution in [1.29, 1.82) is 0 Å². The van der Waals surface area contributed by atoms with E-state index in [-0.39, 0.29) is 17.6 Å². The number of rotatable bonds is 3. The first-order valence-corrected chi connectivity index (χ1v) is 7.62. The molecular weight excluding hydrogens is 297 g/mol. The van der Waals surface area contributed by atoms with E-state index < -0.39 is 0 Å². The minimum absolute atomic E-state index is 0.0785. The van der Waals surface area contributed by atoms with E-state index in [4.69, 9.17) is 4.74 Å². The second kappa shape index (κ2) is 6.73. The van der Waals surface area contributed by atoms with Crippen molar-refractivity contribution < 1.29 is 13.9 Å². The van der Waals surface area contributed by atoms with Crippen LogP contribution in [0.25, 0.3) is 0 Å². The fraction of sp³-hybridized carbons (Fsp3) is 0.353. The average Bonchev–Trinajstić information content (AvgIpc) is 2.55. The Hall–Kier alpha value is -2.50. The van der Waals surface area contributed by atoms with Crippen molar-refractivity contribution in [2.75, 3.05) is 13.1 Å². The Kier molecular flexibility index (Phi) is 4.50. The Labute approximate surface area is 134 Å². The van der Waals surface area contributed by atoms with Crippen LogP contribution in [0.15, 0.2) is 36.7 Å². The van der Waals surface area contributed by atoms with Gasteiger partial charge in [0.2, 0.25) is 11.8 Å². The predicted molar refractivity (Wildman–Crippen MR) is 82.7 cm³/mol. The van der Waals surface area contributed by atoms with Gasteiger partial charge in [-0.15, -0.1) is 0 Å². The average molecular weight is 315 g/mol. The lowest BCUT2D eigenvalue weighted by Gasteiger charge is -2.31. The summed E-state index contributed by atoms with van der Waals surface area (Å²) in [6.07, 6.45) is 5.11. The van der Waals surface area contributed by atoms with Crippen LogP contribution in [0.3, 0.4) is 0 Å². The maximum absolute atomic E-state index is 13.2. The van der Waals surface area contributed by atoms with E-state index >= 15 is 0 Å². The molecule has 1 aromatic carbocycles. The first kappa shape index (κ1) is 15.4. The summed E-state index contributed by atoms with van der Waals surface area (Å²) in [7, 11) is 0. The fourth-order valence-electron chi connectivity index (χ4n) is 2.76. The zero-order chi connectivity index (χ0) is 16.2. The van der Waals surface area contributed by atoms with Gasteiger partial charge in [-0.2, -0.15) is 0 Å². The van der Waals surface area contributed by atoms with Gasteiger partial charge in [0.1, 0.15) is 11.6 Å². The Balaban J connectivity index is 1.75. The van der Waals surface area contributed by atoms with E-state index in [2.05, 4.69) is 9.97 Å². The summed E-state index contributed by atoms with van der Waals surface area (Å²) in [5.74, 6) is 0.570. The number of hydrogen-bond acceptors (Lipinski definition) is 4. The largest absolute Gasteiger partial charge is 0.437 e. The molecular formula is C17H18FN3O2. The van der Waals surface area contributed by atoms with Gasteiger partial charge in [0.25, 0.3) is 0 Å². The highest BCUT2D eigenvalue weighted by molar-refractivity contribution is 5.73. The summed E-state index contributed by atoms with van der Waals surface area (Å²) < 4.78 is 18.8. The van der Waals surface area contributed by atoms with Crippen molar-refractivity contribution >= 4 is 5.91 Å². The van der Waals surface area contributed by atoms with Gasteiger partial charge in [0.05, 0.1) is 11.9 Å². The quantitative estimate of drug-likeness (QED) is 0.873. The molecule has 2 aromatic rings. The highest BCUT2D eigenvalue weighted by Gasteiger charge is 2.24. The van der Waals surface area contributed by atoms with Crippen LogP contribution in [-0.2, 0) is 4.79 Å². The molecule has 1 fully saturated rings. The van der Waals surface area contributed by atoms with Crippen molar-refractivity contribution in [1.82, 2.24) is 14.9 Å². The second-order valence-corrected chi connectivity index (χ2v) is 5.65. The minimum Gasteiger partial charge on any atom is -0.437 e. The molecule has 1 aromatic heterocycles. The lowest BCUT2D eigenvalue weighted by atomic mass is 9.95. The summed E-state index contributed by atoms with van der Waals surface area (Å²) in [4.78, 5) is 22.0. The zero-order valence-corrected chi connectivity index (χ0v) is 12.9. The molecule has 1 aliphatic heterocycles. The number of likely N-dealkylation sites (tertiary alicyclic amines) is 1. The Morgan fingerprint density at radius 3 is 3.04 bits per heavy atom. The van der Waals surface area contributed by atoms with Gasteiger partial charge >= 0.3 is 0 Å². The van der Waals surface area contributed by atoms with Crippen LogP contribution in [0, 0.1) is 5.82 Å². The van der Waals surface area contributed by atoms with Crippen LogP contribution in [0.2, 0.25) is 0 Å². The number of carbonyl (C=O) groups excluding carboxylic acids is 1. The molecule has 0 radical (unpaired) electrons. The molecule has 1 saturated heterocycles. The third kappa shape index (κ3) is 3.83. The first-order valence-electron chi connectivity index (χ1n) is 7.62. The van der Waals surface area contributed by atoms with Crippen LogP contribution < -0.4 is 4.74 Å². The summed E-state index contributed by atoms with van der Waals surface area (Å²) in [6.45, 7) is 3.02. The normalized spacial score (nSPS) is 17.8. The number of carbonyl (C=O) groups is 1. The smallest absolute Gasteiger partial charge is 0.238 e. The van der Waals surface area contributed by atoms with E-state index in [1.54, 1.807) is 25.3 Å². The number of amides is 1. The van der Waals surface area contributed by atoms with E-state index in [9.17, 15) is 9.18 Å². The lowest BCUT2D eigenvalue weighted by molar-refractivity contribution is -0.130. The Bertz CT molecular complexity index is 708. The van der Waals surface area contributed by atoms with Gasteiger partial charge in [0.15, 0.2) is 0 Å². The van der Waals surface area contributed by atoms with Crippen LogP contribution in [-0.4, -0.2) is 33.9 Å². The van der Waals surface area contributed by atoms with Crippen molar-refractivity contribution in [3.05, 3.63) is 48.2 Å². The molecule has 1 amide bonds. The highest BCUT2D eigenvalue weighted by Crippen LogP contribution is 2.27. The predicted octanol–water partition coefficient (Wildman–Crippen LogP) is 3.13. The molecule has 0 spiro atoms. The Morgan fingerprint density at radius 1 is 1.39 bits per heavy atom. The molecule has 1 aliphatic rings. The summed E-state index contributed by atoms with van der Waals surface area (Å²) in [5, 5.41) is 0. The second-order valence-electron chi connectivity index (χ2n) is 5.65. The van der Waals surface area contributed by atoms with Gasteiger partial charge in [-0.1, -0.05) is 6.07 Å². The SMILES string of the molecule is CC(=O)N1CCC[C@H](c2cncc(Oc3cccc(F)c3)n2)C1. The summed E-state index contributed by atoms with van der Waals surface area (Å²) >= 11 is 0. The number of ether oxygens (including phenoxy) is 1. The molecule has 3 rings (SSSR count). The summed E-state index contributed by atoms with van der Waals surface area (Å²) in [6, 6.07) is 5.89. The molecule has 1 atom stereocenters. The van der Waals surface area contributed by atoms with Crippen molar-refractivity contribution in [2.45, 2.75) is 25.7 Å². The minimum atomic E-state index is -0.365. The number of halogens is 1. The van der Waals surface area contributed by atoms with Gasteiger partial charge in [-0.3, -0.25) is 9.78 Å². The molecule has 120 valence electrons. The topological polar surface area (TPSA) is 55.3 Å². The molecule has 5 nitrogen and oxygen atoms in total. The Morgan fingerprint density at radius 2 is 2.26 bits per heavy atom. The molecule has 6 heteroatoms. The monoisotopic (exact) mass is 315 g/mol. The van der Waals surface area contributed by atoms with Crippen LogP contribution in [0.5, 0.6) is 11.6 Å². The third-order valence-electron chi connectivity index (χ3n) is 3.93. The lowest BCUT2D eigenvalue weighted by Crippen LogP contribution is -2.37. The van der Waals surface area contributed by atoms with E-state index in [1.165, 1.54) is 18.3 Å². The fourth-order valence-corrected chi connectivity index (χ4v) is 2.76. The number of nitrogens with zero attached hydrogens (tertiary/aromatic N) is 3. The van der Waals surface area contributed by atoms with Gasteiger partial charge < -0.3 is 9.64 Å². The molecule has 0 saturated carbocycles. The van der Waals surface area contributed by atoms with Crippen LogP contribution >= 0.6 is 0 Å². The van der Waals surface area contributed by atoms with E-state index in [0.717, 1.165) is 25.1 Å². The number of benzene rings is 1. The number of hydrogen-bond donors (Lipinski definition) is 0. The molecule has 2 heterocycles. The maximum atomic E-state index is 13.2. The maximum Gasteiger partial charge on any atom is 0.238 e. The van der Waals surface area contributed by atoms with Gasteiger partial charge in [0, 0.05) is 38.2 Å². The molecule has 0 unspecified atom stereocenters. The third-order valence-corrected chi connectivity index (χ3v) is 3.93. The summed E-state index contributed by atoms with van der Waals surface area (Å²) in [5.41, 5.74) is 0.796. The zero-order valence-electron chi connectivity index (χ0n) is 12.9. The molecule has 0 bridgehead atoms. The van der Waals surface area contributed by atoms with Crippen LogP contribution in [0.4, 0.5) is 4.39 Å². The number of aromatic nitrogens is 2.